The van der Waals surface area contributed by atoms with Crippen LogP contribution >= 0.6 is 0 Å². The molecule has 1 unspecified atom stereocenters. The lowest BCUT2D eigenvalue weighted by Gasteiger charge is -2.14. The van der Waals surface area contributed by atoms with Crippen molar-refractivity contribution < 1.29 is 24.5 Å². The fourth-order valence-electron chi connectivity index (χ4n) is 4.40. The number of rotatable bonds is 18. The van der Waals surface area contributed by atoms with Crippen LogP contribution in [0.5, 0.6) is 5.75 Å². The average Bonchev–Trinajstić information content (AvgIpc) is 2.94. The second-order valence-corrected chi connectivity index (χ2v) is 9.70. The van der Waals surface area contributed by atoms with Crippen LogP contribution in [0.25, 0.3) is 6.08 Å². The van der Waals surface area contributed by atoms with Crippen LogP contribution in [0.3, 0.4) is 0 Å². The number of ether oxygens (including phenoxy) is 1. The average molecular weight is 530 g/mol. The number of carboxylic acid groups (broad SMARTS) is 2. The number of aromatic carboxylic acids is 1. The van der Waals surface area contributed by atoms with E-state index in [1.165, 1.54) is 0 Å². The zero-order valence-electron chi connectivity index (χ0n) is 22.4. The van der Waals surface area contributed by atoms with Gasteiger partial charge in [-0.2, -0.15) is 0 Å². The van der Waals surface area contributed by atoms with E-state index in [4.69, 9.17) is 14.9 Å². The summed E-state index contributed by atoms with van der Waals surface area (Å²) in [6.07, 6.45) is 10.6. The maximum Gasteiger partial charge on any atom is 0.335 e. The molecule has 3 rings (SSSR count). The molecule has 0 saturated carbocycles. The molecule has 39 heavy (non-hydrogen) atoms. The van der Waals surface area contributed by atoms with Gasteiger partial charge in [0, 0.05) is 24.2 Å². The van der Waals surface area contributed by atoms with Gasteiger partial charge in [0.25, 0.3) is 0 Å². The van der Waals surface area contributed by atoms with Crippen LogP contribution in [0.15, 0.2) is 84.9 Å². The first-order valence-corrected chi connectivity index (χ1v) is 13.7. The van der Waals surface area contributed by atoms with Gasteiger partial charge in [-0.1, -0.05) is 67.1 Å². The fourth-order valence-corrected chi connectivity index (χ4v) is 4.40. The highest BCUT2D eigenvalue weighted by atomic mass is 16.5. The summed E-state index contributed by atoms with van der Waals surface area (Å²) in [7, 11) is 0. The summed E-state index contributed by atoms with van der Waals surface area (Å²) < 4.78 is 6.12. The highest BCUT2D eigenvalue weighted by Gasteiger charge is 2.10. The molecule has 3 N–H and O–H groups in total. The Morgan fingerprint density at radius 3 is 2.31 bits per heavy atom. The maximum absolute atomic E-state index is 11.2. The van der Waals surface area contributed by atoms with Crippen molar-refractivity contribution in [2.75, 3.05) is 18.5 Å². The molecule has 0 aromatic heterocycles. The predicted molar refractivity (Wildman–Crippen MR) is 156 cm³/mol. The first-order valence-electron chi connectivity index (χ1n) is 13.7. The van der Waals surface area contributed by atoms with Crippen LogP contribution in [-0.4, -0.2) is 35.3 Å². The monoisotopic (exact) mass is 529 g/mol. The molecule has 0 spiro atoms. The third kappa shape index (κ3) is 11.5. The van der Waals surface area contributed by atoms with Gasteiger partial charge in [-0.05, 0) is 80.3 Å². The number of hydrogen-bond acceptors (Lipinski definition) is 4. The third-order valence-electron chi connectivity index (χ3n) is 6.56. The molecule has 206 valence electrons. The number of aliphatic carboxylic acids is 1. The Balaban J connectivity index is 1.52. The number of hydrogen-bond donors (Lipinski definition) is 3. The minimum atomic E-state index is -0.938. The Hall–Kier alpha value is -4.06. The Labute approximate surface area is 231 Å². The van der Waals surface area contributed by atoms with Crippen molar-refractivity contribution in [3.05, 3.63) is 102 Å². The molecule has 0 heterocycles. The number of anilines is 1. The Morgan fingerprint density at radius 1 is 0.821 bits per heavy atom. The molecule has 3 aromatic carbocycles. The summed E-state index contributed by atoms with van der Waals surface area (Å²) in [5, 5.41) is 21.6. The zero-order chi connectivity index (χ0) is 27.7. The quantitative estimate of drug-likeness (QED) is 0.147. The molecule has 6 heteroatoms. The standard InChI is InChI=1S/C33H39NO5/c35-32(36)16-8-5-11-26(25-27-18-21-29(22-19-27)33(37)38)17-20-28-12-6-7-15-31(28)39-24-10-2-9-23-34-30-13-3-1-4-14-30/h1,3-4,6-7,12-15,17-22,26,34H,2,5,8-11,16,23-25H2,(H,35,36)(H,37,38). The van der Waals surface area contributed by atoms with Crippen molar-refractivity contribution in [2.24, 2.45) is 5.92 Å². The lowest BCUT2D eigenvalue weighted by Crippen LogP contribution is -2.04. The SMILES string of the molecule is O=C(O)CCCCC(C=Cc1ccccc1OCCCCCNc1ccccc1)Cc1ccc(C(=O)O)cc1. The normalized spacial score (nSPS) is 11.8. The van der Waals surface area contributed by atoms with Crippen LogP contribution in [0.1, 0.15) is 66.4 Å². The first kappa shape index (κ1) is 29.5. The van der Waals surface area contributed by atoms with E-state index in [9.17, 15) is 9.59 Å². The molecule has 0 fully saturated rings. The predicted octanol–water partition coefficient (Wildman–Crippen LogP) is 7.56. The lowest BCUT2D eigenvalue weighted by molar-refractivity contribution is -0.137. The molecule has 3 aromatic rings. The number of nitrogens with one attached hydrogen (secondary N) is 1. The number of para-hydroxylation sites is 2. The van der Waals surface area contributed by atoms with E-state index in [0.29, 0.717) is 13.0 Å². The van der Waals surface area contributed by atoms with Gasteiger partial charge in [0.1, 0.15) is 5.75 Å². The van der Waals surface area contributed by atoms with Crippen molar-refractivity contribution >= 4 is 23.7 Å². The largest absolute Gasteiger partial charge is 0.493 e. The van der Waals surface area contributed by atoms with Gasteiger partial charge >= 0.3 is 11.9 Å². The van der Waals surface area contributed by atoms with Crippen LogP contribution < -0.4 is 10.1 Å². The van der Waals surface area contributed by atoms with Gasteiger partial charge < -0.3 is 20.3 Å². The van der Waals surface area contributed by atoms with Crippen molar-refractivity contribution in [1.82, 2.24) is 0 Å². The fraction of sp³-hybridized carbons (Fsp3) is 0.333. The van der Waals surface area contributed by atoms with E-state index in [1.54, 1.807) is 12.1 Å². The van der Waals surface area contributed by atoms with E-state index in [2.05, 4.69) is 29.6 Å². The van der Waals surface area contributed by atoms with Crippen molar-refractivity contribution in [1.29, 1.82) is 0 Å². The number of carboxylic acids is 2. The summed E-state index contributed by atoms with van der Waals surface area (Å²) in [5.74, 6) is -0.664. The van der Waals surface area contributed by atoms with Gasteiger partial charge in [0.2, 0.25) is 0 Å². The van der Waals surface area contributed by atoms with Gasteiger partial charge in [-0.15, -0.1) is 0 Å². The Bertz CT molecular complexity index is 1170. The van der Waals surface area contributed by atoms with E-state index < -0.39 is 11.9 Å². The summed E-state index contributed by atoms with van der Waals surface area (Å²) in [6.45, 7) is 1.60. The molecule has 0 saturated heterocycles. The van der Waals surface area contributed by atoms with Crippen LogP contribution in [0.2, 0.25) is 0 Å². The van der Waals surface area contributed by atoms with Crippen molar-refractivity contribution in [2.45, 2.75) is 51.4 Å². The molecule has 6 nitrogen and oxygen atoms in total. The Kier molecular flexibility index (Phi) is 12.6. The molecule has 0 aliphatic heterocycles. The number of allylic oxidation sites excluding steroid dienone is 1. The summed E-state index contributed by atoms with van der Waals surface area (Å²) >= 11 is 0. The summed E-state index contributed by atoms with van der Waals surface area (Å²) in [4.78, 5) is 22.1. The minimum absolute atomic E-state index is 0.169. The van der Waals surface area contributed by atoms with Crippen LogP contribution in [0.4, 0.5) is 5.69 Å². The van der Waals surface area contributed by atoms with E-state index in [-0.39, 0.29) is 17.9 Å². The number of benzene rings is 3. The highest BCUT2D eigenvalue weighted by Crippen LogP contribution is 2.24. The highest BCUT2D eigenvalue weighted by molar-refractivity contribution is 5.87. The maximum atomic E-state index is 11.2. The van der Waals surface area contributed by atoms with Gasteiger partial charge in [0.05, 0.1) is 12.2 Å². The smallest absolute Gasteiger partial charge is 0.335 e. The minimum Gasteiger partial charge on any atom is -0.493 e. The van der Waals surface area contributed by atoms with E-state index >= 15 is 0 Å². The van der Waals surface area contributed by atoms with Crippen molar-refractivity contribution in [3.8, 4) is 5.75 Å². The second kappa shape index (κ2) is 16.7. The summed E-state index contributed by atoms with van der Waals surface area (Å²) in [5.41, 5.74) is 3.48. The topological polar surface area (TPSA) is 95.9 Å². The summed E-state index contributed by atoms with van der Waals surface area (Å²) in [6, 6.07) is 25.2. The van der Waals surface area contributed by atoms with E-state index in [0.717, 1.165) is 67.6 Å². The zero-order valence-corrected chi connectivity index (χ0v) is 22.4. The molecular weight excluding hydrogens is 490 g/mol. The van der Waals surface area contributed by atoms with E-state index in [1.807, 2.05) is 54.6 Å². The van der Waals surface area contributed by atoms with Crippen LogP contribution in [-0.2, 0) is 11.2 Å². The first-order chi connectivity index (χ1) is 19.0. The van der Waals surface area contributed by atoms with Crippen LogP contribution in [0, 0.1) is 5.92 Å². The molecule has 0 aliphatic rings. The van der Waals surface area contributed by atoms with Gasteiger partial charge in [-0.25, -0.2) is 4.79 Å². The molecule has 1 atom stereocenters. The van der Waals surface area contributed by atoms with Gasteiger partial charge in [-0.3, -0.25) is 4.79 Å². The molecule has 0 aliphatic carbocycles. The van der Waals surface area contributed by atoms with Gasteiger partial charge in [0.15, 0.2) is 0 Å². The number of unbranched alkanes of at least 4 members (excludes halogenated alkanes) is 3. The third-order valence-corrected chi connectivity index (χ3v) is 6.56. The molecule has 0 amide bonds. The lowest BCUT2D eigenvalue weighted by atomic mass is 9.92. The van der Waals surface area contributed by atoms with Crippen molar-refractivity contribution in [3.63, 3.8) is 0 Å². The molecule has 0 radical (unpaired) electrons. The Morgan fingerprint density at radius 2 is 1.56 bits per heavy atom. The number of carbonyl (C=O) groups is 2. The second-order valence-electron chi connectivity index (χ2n) is 9.70. The molecular formula is C33H39NO5. The molecule has 0 bridgehead atoms.